The summed E-state index contributed by atoms with van der Waals surface area (Å²) in [5.74, 6) is 1.21. The summed E-state index contributed by atoms with van der Waals surface area (Å²) in [6.45, 7) is 5.30. The molecule has 3 aromatic heterocycles. The number of hydrogen-bond acceptors (Lipinski definition) is 7. The SMILES string of the molecule is CC(C)(C)OC(=O)NCCc1nc2cnc3c(ccn3S(=O)(=O)c3ccccc3)c2n1C1CC2CC(NCC(F)F)C1C2. The second kappa shape index (κ2) is 11.2. The number of ether oxygens (including phenoxy) is 1. The van der Waals surface area contributed by atoms with E-state index >= 15 is 0 Å². The maximum Gasteiger partial charge on any atom is 0.407 e. The number of carbonyl (C=O) groups is 1. The molecule has 2 aliphatic carbocycles. The van der Waals surface area contributed by atoms with Gasteiger partial charge in [-0.2, -0.15) is 0 Å². The molecule has 13 heteroatoms. The number of carbonyl (C=O) groups excluding carboxylic acids is 1. The molecule has 2 saturated carbocycles. The zero-order valence-electron chi connectivity index (χ0n) is 24.3. The third kappa shape index (κ3) is 5.72. The summed E-state index contributed by atoms with van der Waals surface area (Å²) in [5.41, 5.74) is 1.01. The third-order valence-corrected chi connectivity index (χ3v) is 10.0. The third-order valence-electron chi connectivity index (χ3n) is 8.36. The summed E-state index contributed by atoms with van der Waals surface area (Å²) in [4.78, 5) is 21.9. The highest BCUT2D eigenvalue weighted by Crippen LogP contribution is 2.52. The number of nitrogens with one attached hydrogen (secondary N) is 2. The van der Waals surface area contributed by atoms with Gasteiger partial charge in [-0.25, -0.2) is 35.9 Å². The predicted molar refractivity (Wildman–Crippen MR) is 158 cm³/mol. The highest BCUT2D eigenvalue weighted by atomic mass is 32.2. The molecule has 3 heterocycles. The minimum Gasteiger partial charge on any atom is -0.444 e. The quantitative estimate of drug-likeness (QED) is 0.276. The Labute approximate surface area is 248 Å². The van der Waals surface area contributed by atoms with Crippen LogP contribution in [0.3, 0.4) is 0 Å². The van der Waals surface area contributed by atoms with Gasteiger partial charge in [0.1, 0.15) is 16.9 Å². The van der Waals surface area contributed by atoms with Crippen molar-refractivity contribution >= 4 is 38.2 Å². The Balaban J connectivity index is 1.41. The lowest BCUT2D eigenvalue weighted by Gasteiger charge is -2.32. The molecule has 0 spiro atoms. The molecule has 2 N–H and O–H groups in total. The van der Waals surface area contributed by atoms with E-state index < -0.39 is 28.1 Å². The Hall–Kier alpha value is -3.58. The van der Waals surface area contributed by atoms with Crippen LogP contribution < -0.4 is 10.6 Å². The van der Waals surface area contributed by atoms with Gasteiger partial charge in [-0.05, 0) is 70.1 Å². The molecule has 0 aliphatic heterocycles. The zero-order chi connectivity index (χ0) is 30.5. The van der Waals surface area contributed by atoms with Crippen LogP contribution in [-0.4, -0.2) is 64.2 Å². The fourth-order valence-electron chi connectivity index (χ4n) is 6.81. The van der Waals surface area contributed by atoms with Gasteiger partial charge in [0.25, 0.3) is 16.4 Å². The average Bonchev–Trinajstić information content (AvgIpc) is 3.72. The number of imidazole rings is 1. The first-order valence-electron chi connectivity index (χ1n) is 14.6. The van der Waals surface area contributed by atoms with Crippen molar-refractivity contribution < 1.29 is 26.7 Å². The minimum absolute atomic E-state index is 0.0323. The number of rotatable bonds is 9. The van der Waals surface area contributed by atoms with E-state index in [0.29, 0.717) is 29.1 Å². The lowest BCUT2D eigenvalue weighted by Crippen LogP contribution is -2.41. The molecule has 1 aromatic carbocycles. The molecule has 2 fully saturated rings. The van der Waals surface area contributed by atoms with Crippen LogP contribution in [0.4, 0.5) is 13.6 Å². The number of alkyl carbamates (subject to hydrolysis) is 1. The van der Waals surface area contributed by atoms with E-state index in [9.17, 15) is 22.0 Å². The topological polar surface area (TPSA) is 120 Å². The van der Waals surface area contributed by atoms with Crippen molar-refractivity contribution in [3.05, 3.63) is 54.6 Å². The van der Waals surface area contributed by atoms with E-state index in [2.05, 4.69) is 20.2 Å². The van der Waals surface area contributed by atoms with Gasteiger partial charge >= 0.3 is 6.09 Å². The van der Waals surface area contributed by atoms with Gasteiger partial charge in [0.05, 0.1) is 23.2 Å². The minimum atomic E-state index is -3.91. The molecule has 43 heavy (non-hydrogen) atoms. The van der Waals surface area contributed by atoms with Crippen LogP contribution in [0.1, 0.15) is 51.9 Å². The number of nitrogens with zero attached hydrogens (tertiary/aromatic N) is 4. The molecule has 10 nitrogen and oxygen atoms in total. The van der Waals surface area contributed by atoms with Gasteiger partial charge in [-0.3, -0.25) is 0 Å². The Morgan fingerprint density at radius 3 is 2.60 bits per heavy atom. The van der Waals surface area contributed by atoms with Crippen LogP contribution in [0.25, 0.3) is 22.1 Å². The predicted octanol–water partition coefficient (Wildman–Crippen LogP) is 4.88. The van der Waals surface area contributed by atoms with E-state index in [1.807, 2.05) is 0 Å². The first-order chi connectivity index (χ1) is 20.4. The van der Waals surface area contributed by atoms with Crippen molar-refractivity contribution in [3.8, 4) is 0 Å². The summed E-state index contributed by atoms with van der Waals surface area (Å²) >= 11 is 0. The number of amides is 1. The molecule has 230 valence electrons. The number of fused-ring (bicyclic) bond motifs is 5. The van der Waals surface area contributed by atoms with Crippen LogP contribution >= 0.6 is 0 Å². The second-order valence-electron chi connectivity index (χ2n) is 12.4. The molecular weight excluding hydrogens is 578 g/mol. The molecule has 1 amide bonds. The second-order valence-corrected chi connectivity index (χ2v) is 14.3. The summed E-state index contributed by atoms with van der Waals surface area (Å²) < 4.78 is 62.0. The van der Waals surface area contributed by atoms with Gasteiger partial charge in [-0.15, -0.1) is 0 Å². The lowest BCUT2D eigenvalue weighted by atomic mass is 9.90. The number of hydrogen-bond donors (Lipinski definition) is 2. The largest absolute Gasteiger partial charge is 0.444 e. The number of halogens is 2. The van der Waals surface area contributed by atoms with Crippen molar-refractivity contribution in [2.24, 2.45) is 11.8 Å². The van der Waals surface area contributed by atoms with Crippen LogP contribution in [0.2, 0.25) is 0 Å². The smallest absolute Gasteiger partial charge is 0.407 e. The first kappa shape index (κ1) is 29.5. The molecule has 0 radical (unpaired) electrons. The van der Waals surface area contributed by atoms with Crippen LogP contribution in [-0.2, 0) is 21.2 Å². The molecule has 4 aromatic rings. The van der Waals surface area contributed by atoms with Gasteiger partial charge in [0.2, 0.25) is 0 Å². The molecule has 6 rings (SSSR count). The van der Waals surface area contributed by atoms with Crippen LogP contribution in [0.5, 0.6) is 0 Å². The molecule has 0 saturated heterocycles. The van der Waals surface area contributed by atoms with Crippen molar-refractivity contribution in [1.82, 2.24) is 29.1 Å². The number of pyridine rings is 1. The van der Waals surface area contributed by atoms with Gasteiger partial charge in [0.15, 0.2) is 5.65 Å². The fraction of sp³-hybridized carbons (Fsp3) is 0.500. The summed E-state index contributed by atoms with van der Waals surface area (Å²) in [6.07, 6.45) is 3.14. The fourth-order valence-corrected chi connectivity index (χ4v) is 8.13. The van der Waals surface area contributed by atoms with E-state index in [1.165, 1.54) is 10.2 Å². The van der Waals surface area contributed by atoms with E-state index in [4.69, 9.17) is 9.72 Å². The van der Waals surface area contributed by atoms with Crippen molar-refractivity contribution in [3.63, 3.8) is 0 Å². The molecule has 2 aliphatic rings. The summed E-state index contributed by atoms with van der Waals surface area (Å²) in [6, 6.07) is 9.84. The highest BCUT2D eigenvalue weighted by Gasteiger charge is 2.48. The average molecular weight is 615 g/mol. The number of alkyl halides is 2. The summed E-state index contributed by atoms with van der Waals surface area (Å²) in [7, 11) is -3.91. The normalized spacial score (nSPS) is 22.2. The van der Waals surface area contributed by atoms with E-state index in [-0.39, 0.29) is 41.6 Å². The maximum absolute atomic E-state index is 13.5. The molecule has 4 unspecified atom stereocenters. The molecular formula is C30H36F2N6O4S. The van der Waals surface area contributed by atoms with Gasteiger partial charge < -0.3 is 19.9 Å². The Kier molecular flexibility index (Phi) is 7.66. The van der Waals surface area contributed by atoms with Crippen molar-refractivity contribution in [2.45, 2.75) is 75.5 Å². The number of benzene rings is 1. The zero-order valence-corrected chi connectivity index (χ0v) is 25.2. The van der Waals surface area contributed by atoms with Crippen LogP contribution in [0.15, 0.2) is 53.7 Å². The van der Waals surface area contributed by atoms with Crippen molar-refractivity contribution in [1.29, 1.82) is 0 Å². The monoisotopic (exact) mass is 614 g/mol. The van der Waals surface area contributed by atoms with Crippen LogP contribution in [0, 0.1) is 11.8 Å². The Morgan fingerprint density at radius 1 is 1.14 bits per heavy atom. The van der Waals surface area contributed by atoms with Gasteiger partial charge in [0, 0.05) is 36.6 Å². The summed E-state index contributed by atoms with van der Waals surface area (Å²) in [5, 5.41) is 6.51. The van der Waals surface area contributed by atoms with E-state index in [0.717, 1.165) is 24.8 Å². The maximum atomic E-state index is 13.5. The number of aromatic nitrogens is 4. The first-order valence-corrected chi connectivity index (χ1v) is 16.0. The van der Waals surface area contributed by atoms with E-state index in [1.54, 1.807) is 63.4 Å². The molecule has 4 atom stereocenters. The standard InChI is InChI=1S/C30H36F2N6O4S/c1-30(2,3)42-29(39)33-11-9-26-36-23-16-35-28-20(10-12-37(28)43(40,41)19-7-5-4-6-8-19)27(23)38(26)24-15-18-13-21(24)22(14-18)34-17-25(31)32/h4-8,10,12,16,18,21-22,24-25,34H,9,11,13-15,17H2,1-3H3,(H,33,39). The van der Waals surface area contributed by atoms with Crippen molar-refractivity contribution in [2.75, 3.05) is 13.1 Å². The lowest BCUT2D eigenvalue weighted by molar-refractivity contribution is 0.0528. The molecule has 2 bridgehead atoms. The van der Waals surface area contributed by atoms with Gasteiger partial charge in [-0.1, -0.05) is 18.2 Å². The highest BCUT2D eigenvalue weighted by molar-refractivity contribution is 7.90. The Bertz CT molecular complexity index is 1750. The Morgan fingerprint density at radius 2 is 1.91 bits per heavy atom.